The van der Waals surface area contributed by atoms with Crippen molar-refractivity contribution in [2.75, 3.05) is 5.32 Å². The Bertz CT molecular complexity index is 980. The monoisotopic (exact) mass is 378 g/mol. The van der Waals surface area contributed by atoms with Crippen LogP contribution in [0.2, 0.25) is 0 Å². The first-order valence-electron chi connectivity index (χ1n) is 8.45. The van der Waals surface area contributed by atoms with Crippen molar-refractivity contribution in [1.29, 1.82) is 0 Å². The number of carbonyl (C=O) groups is 3. The number of hydrogen-bond acceptors (Lipinski definition) is 5. The highest BCUT2D eigenvalue weighted by Crippen LogP contribution is 2.16. The van der Waals surface area contributed by atoms with Gasteiger partial charge in [0, 0.05) is 29.2 Å². The van der Waals surface area contributed by atoms with E-state index in [9.17, 15) is 14.4 Å². The van der Waals surface area contributed by atoms with Crippen molar-refractivity contribution in [3.63, 3.8) is 0 Å². The van der Waals surface area contributed by atoms with Crippen LogP contribution in [0.4, 0.5) is 5.69 Å². The number of H-pyrrole nitrogens is 1. The van der Waals surface area contributed by atoms with Gasteiger partial charge in [0.05, 0.1) is 5.56 Å². The molecule has 3 rings (SSSR count). The highest BCUT2D eigenvalue weighted by molar-refractivity contribution is 5.98. The van der Waals surface area contributed by atoms with E-state index in [0.717, 1.165) is 5.56 Å². The smallest absolute Gasteiger partial charge is 0.338 e. The standard InChI is InChI=1S/C20H18N4O4/c1-12(19(26)24-16-8-6-13(7-9-16)17(21)25)28-20(27)15-4-2-14(3-5-15)18-22-10-11-23-18/h2-12H,1H3,(H2,21,25)(H,22,23)(H,24,26). The molecule has 1 heterocycles. The van der Waals surface area contributed by atoms with Gasteiger partial charge in [-0.25, -0.2) is 9.78 Å². The van der Waals surface area contributed by atoms with E-state index in [4.69, 9.17) is 10.5 Å². The van der Waals surface area contributed by atoms with Gasteiger partial charge in [-0.3, -0.25) is 9.59 Å². The molecule has 4 N–H and O–H groups in total. The number of hydrogen-bond donors (Lipinski definition) is 3. The molecule has 8 nitrogen and oxygen atoms in total. The highest BCUT2D eigenvalue weighted by atomic mass is 16.5. The summed E-state index contributed by atoms with van der Waals surface area (Å²) >= 11 is 0. The molecule has 0 aliphatic rings. The number of rotatable bonds is 6. The van der Waals surface area contributed by atoms with Crippen LogP contribution in [-0.2, 0) is 9.53 Å². The topological polar surface area (TPSA) is 127 Å². The molecular weight excluding hydrogens is 360 g/mol. The lowest BCUT2D eigenvalue weighted by molar-refractivity contribution is -0.123. The molecule has 28 heavy (non-hydrogen) atoms. The Hall–Kier alpha value is -3.94. The van der Waals surface area contributed by atoms with Gasteiger partial charge in [-0.1, -0.05) is 12.1 Å². The van der Waals surface area contributed by atoms with E-state index in [2.05, 4.69) is 15.3 Å². The average Bonchev–Trinajstić information content (AvgIpc) is 3.23. The molecule has 8 heteroatoms. The fraction of sp³-hybridized carbons (Fsp3) is 0.100. The van der Waals surface area contributed by atoms with Crippen molar-refractivity contribution in [2.24, 2.45) is 5.73 Å². The van der Waals surface area contributed by atoms with Gasteiger partial charge in [0.1, 0.15) is 5.82 Å². The molecule has 0 spiro atoms. The van der Waals surface area contributed by atoms with Crippen LogP contribution in [-0.4, -0.2) is 33.9 Å². The number of aromatic nitrogens is 2. The maximum atomic E-state index is 12.3. The van der Waals surface area contributed by atoms with Gasteiger partial charge < -0.3 is 20.8 Å². The average molecular weight is 378 g/mol. The number of ether oxygens (including phenoxy) is 1. The molecule has 0 radical (unpaired) electrons. The minimum absolute atomic E-state index is 0.320. The molecule has 1 atom stereocenters. The van der Waals surface area contributed by atoms with Gasteiger partial charge in [0.15, 0.2) is 6.10 Å². The van der Waals surface area contributed by atoms with Crippen LogP contribution >= 0.6 is 0 Å². The Labute approximate surface area is 160 Å². The van der Waals surface area contributed by atoms with E-state index in [1.54, 1.807) is 48.8 Å². The molecule has 2 aromatic carbocycles. The fourth-order valence-electron chi connectivity index (χ4n) is 2.43. The summed E-state index contributed by atoms with van der Waals surface area (Å²) < 4.78 is 5.21. The van der Waals surface area contributed by atoms with Gasteiger partial charge in [-0.15, -0.1) is 0 Å². The number of esters is 1. The van der Waals surface area contributed by atoms with Gasteiger partial charge in [0.25, 0.3) is 5.91 Å². The number of anilines is 1. The number of benzene rings is 2. The van der Waals surface area contributed by atoms with Crippen LogP contribution in [0, 0.1) is 0 Å². The van der Waals surface area contributed by atoms with E-state index < -0.39 is 23.9 Å². The lowest BCUT2D eigenvalue weighted by Crippen LogP contribution is -2.30. The maximum Gasteiger partial charge on any atom is 0.338 e. The normalized spacial score (nSPS) is 11.5. The predicted octanol–water partition coefficient (Wildman–Crippen LogP) is 2.36. The molecule has 142 valence electrons. The van der Waals surface area contributed by atoms with Crippen LogP contribution in [0.3, 0.4) is 0 Å². The first-order chi connectivity index (χ1) is 13.4. The Balaban J connectivity index is 1.58. The van der Waals surface area contributed by atoms with Crippen molar-refractivity contribution in [3.05, 3.63) is 72.1 Å². The van der Waals surface area contributed by atoms with Gasteiger partial charge in [-0.05, 0) is 43.3 Å². The molecule has 0 aliphatic heterocycles. The molecule has 0 fully saturated rings. The van der Waals surface area contributed by atoms with Crippen LogP contribution in [0.1, 0.15) is 27.6 Å². The molecule has 0 bridgehead atoms. The largest absolute Gasteiger partial charge is 0.449 e. The lowest BCUT2D eigenvalue weighted by atomic mass is 10.1. The summed E-state index contributed by atoms with van der Waals surface area (Å²) in [7, 11) is 0. The van der Waals surface area contributed by atoms with E-state index in [1.807, 2.05) is 0 Å². The number of aromatic amines is 1. The molecule has 0 saturated carbocycles. The van der Waals surface area contributed by atoms with E-state index >= 15 is 0 Å². The van der Waals surface area contributed by atoms with Crippen molar-refractivity contribution in [3.8, 4) is 11.4 Å². The summed E-state index contributed by atoms with van der Waals surface area (Å²) in [5, 5.41) is 2.61. The second-order valence-electron chi connectivity index (χ2n) is 5.99. The van der Waals surface area contributed by atoms with Gasteiger partial charge in [0.2, 0.25) is 5.91 Å². The molecule has 0 aliphatic carbocycles. The summed E-state index contributed by atoms with van der Waals surface area (Å²) in [5.41, 5.74) is 7.11. The summed E-state index contributed by atoms with van der Waals surface area (Å²) in [6.45, 7) is 1.47. The van der Waals surface area contributed by atoms with Crippen molar-refractivity contribution in [2.45, 2.75) is 13.0 Å². The minimum atomic E-state index is -1.01. The van der Waals surface area contributed by atoms with Crippen molar-refractivity contribution < 1.29 is 19.1 Å². The summed E-state index contributed by atoms with van der Waals surface area (Å²) in [6, 6.07) is 12.8. The van der Waals surface area contributed by atoms with Crippen LogP contribution in [0.5, 0.6) is 0 Å². The number of nitrogens with one attached hydrogen (secondary N) is 2. The third-order valence-electron chi connectivity index (χ3n) is 3.98. The number of nitrogens with zero attached hydrogens (tertiary/aromatic N) is 1. The second kappa shape index (κ2) is 8.17. The van der Waals surface area contributed by atoms with E-state index in [-0.39, 0.29) is 0 Å². The van der Waals surface area contributed by atoms with Gasteiger partial charge >= 0.3 is 5.97 Å². The molecule has 3 aromatic rings. The SMILES string of the molecule is CC(OC(=O)c1ccc(-c2ncc[nH]2)cc1)C(=O)Nc1ccc(C(N)=O)cc1. The number of primary amides is 1. The Morgan fingerprint density at radius 1 is 1.04 bits per heavy atom. The van der Waals surface area contributed by atoms with Crippen LogP contribution in [0.25, 0.3) is 11.4 Å². The van der Waals surface area contributed by atoms with Crippen LogP contribution in [0.15, 0.2) is 60.9 Å². The number of amides is 2. The van der Waals surface area contributed by atoms with Gasteiger partial charge in [-0.2, -0.15) is 0 Å². The van der Waals surface area contributed by atoms with E-state index in [0.29, 0.717) is 22.6 Å². The minimum Gasteiger partial charge on any atom is -0.449 e. The Morgan fingerprint density at radius 2 is 1.68 bits per heavy atom. The number of imidazole rings is 1. The first-order valence-corrected chi connectivity index (χ1v) is 8.45. The lowest BCUT2D eigenvalue weighted by Gasteiger charge is -2.14. The summed E-state index contributed by atoms with van der Waals surface area (Å²) in [4.78, 5) is 42.6. The summed E-state index contributed by atoms with van der Waals surface area (Å²) in [6.07, 6.45) is 2.34. The Morgan fingerprint density at radius 3 is 2.25 bits per heavy atom. The third kappa shape index (κ3) is 4.42. The van der Waals surface area contributed by atoms with E-state index in [1.165, 1.54) is 19.1 Å². The molecular formula is C20H18N4O4. The molecule has 1 unspecified atom stereocenters. The predicted molar refractivity (Wildman–Crippen MR) is 102 cm³/mol. The molecule has 0 saturated heterocycles. The zero-order chi connectivity index (χ0) is 20.1. The third-order valence-corrected chi connectivity index (χ3v) is 3.98. The first kappa shape index (κ1) is 18.8. The number of nitrogens with two attached hydrogens (primary N) is 1. The zero-order valence-corrected chi connectivity index (χ0v) is 15.0. The molecule has 2 amide bonds. The van der Waals surface area contributed by atoms with Crippen molar-refractivity contribution >= 4 is 23.5 Å². The summed E-state index contributed by atoms with van der Waals surface area (Å²) in [5.74, 6) is -0.974. The highest BCUT2D eigenvalue weighted by Gasteiger charge is 2.19. The Kier molecular flexibility index (Phi) is 5.50. The molecule has 1 aromatic heterocycles. The van der Waals surface area contributed by atoms with Crippen molar-refractivity contribution in [1.82, 2.24) is 9.97 Å². The second-order valence-corrected chi connectivity index (χ2v) is 5.99. The number of carbonyl (C=O) groups excluding carboxylic acids is 3. The van der Waals surface area contributed by atoms with Crippen LogP contribution < -0.4 is 11.1 Å². The quantitative estimate of drug-likeness (QED) is 0.568. The zero-order valence-electron chi connectivity index (χ0n) is 15.0. The maximum absolute atomic E-state index is 12.3. The fourth-order valence-corrected chi connectivity index (χ4v) is 2.43.